The number of benzene rings is 2. The molecule has 1 amide bonds. The maximum absolute atomic E-state index is 12.8. The molecule has 4 heteroatoms. The fourth-order valence-electron chi connectivity index (χ4n) is 3.82. The molecule has 1 fully saturated rings. The second-order valence-corrected chi connectivity index (χ2v) is 7.26. The summed E-state index contributed by atoms with van der Waals surface area (Å²) in [5.41, 5.74) is 3.25. The van der Waals surface area contributed by atoms with Crippen LogP contribution in [0.1, 0.15) is 34.3 Å². The summed E-state index contributed by atoms with van der Waals surface area (Å²) in [5.74, 6) is -0.0346. The molecule has 1 spiro atoms. The molecule has 2 aliphatic rings. The third kappa shape index (κ3) is 2.45. The minimum atomic E-state index is -0.0346. The molecule has 4 rings (SSSR count). The van der Waals surface area contributed by atoms with Crippen LogP contribution in [0, 0.1) is 0 Å². The highest BCUT2D eigenvalue weighted by atomic mass is 35.5. The van der Waals surface area contributed by atoms with Crippen molar-refractivity contribution in [3.05, 3.63) is 75.3 Å². The molecule has 0 radical (unpaired) electrons. The largest absolute Gasteiger partial charge is 0.339 e. The van der Waals surface area contributed by atoms with E-state index < -0.39 is 0 Å². The first-order chi connectivity index (χ1) is 11.6. The number of piperidine rings is 1. The van der Waals surface area contributed by atoms with E-state index in [1.54, 1.807) is 18.2 Å². The van der Waals surface area contributed by atoms with Crippen molar-refractivity contribution in [2.24, 2.45) is 0 Å². The molecule has 0 atom stereocenters. The topological polar surface area (TPSA) is 20.3 Å². The molecule has 24 heavy (non-hydrogen) atoms. The fourth-order valence-corrected chi connectivity index (χ4v) is 4.20. The number of allylic oxidation sites excluding steroid dienone is 1. The Balaban J connectivity index is 1.54. The Morgan fingerprint density at radius 3 is 2.54 bits per heavy atom. The number of fused-ring (bicyclic) bond motifs is 2. The van der Waals surface area contributed by atoms with E-state index in [2.05, 4.69) is 36.4 Å². The Bertz CT molecular complexity index is 835. The number of nitrogens with zero attached hydrogens (tertiary/aromatic N) is 1. The number of hydrogen-bond donors (Lipinski definition) is 0. The van der Waals surface area contributed by atoms with E-state index in [9.17, 15) is 4.79 Å². The highest BCUT2D eigenvalue weighted by molar-refractivity contribution is 6.43. The number of carbonyl (C=O) groups excluding carboxylic acids is 1. The Morgan fingerprint density at radius 2 is 1.75 bits per heavy atom. The van der Waals surface area contributed by atoms with Crippen LogP contribution in [0.25, 0.3) is 6.08 Å². The van der Waals surface area contributed by atoms with Crippen LogP contribution in [-0.2, 0) is 5.41 Å². The molecule has 2 nitrogen and oxygen atoms in total. The molecule has 1 aliphatic carbocycles. The Labute approximate surface area is 151 Å². The van der Waals surface area contributed by atoms with Gasteiger partial charge < -0.3 is 4.90 Å². The predicted octanol–water partition coefficient (Wildman–Crippen LogP) is 5.19. The van der Waals surface area contributed by atoms with Gasteiger partial charge in [0.15, 0.2) is 0 Å². The number of rotatable bonds is 1. The van der Waals surface area contributed by atoms with Crippen molar-refractivity contribution >= 4 is 35.2 Å². The molecule has 1 aliphatic heterocycles. The number of hydrogen-bond acceptors (Lipinski definition) is 1. The number of carbonyl (C=O) groups is 1. The van der Waals surface area contributed by atoms with Crippen molar-refractivity contribution in [1.29, 1.82) is 0 Å². The van der Waals surface area contributed by atoms with Crippen LogP contribution in [0.2, 0.25) is 10.0 Å². The first kappa shape index (κ1) is 15.7. The minimum Gasteiger partial charge on any atom is -0.339 e. The van der Waals surface area contributed by atoms with Gasteiger partial charge in [-0.05, 0) is 36.1 Å². The standard InChI is InChI=1S/C20H17Cl2NO/c21-17-7-3-5-15(18(17)22)19(24)23-12-10-20(11-13-23)9-8-14-4-1-2-6-16(14)20/h1-9H,10-13H2. The molecule has 1 heterocycles. The summed E-state index contributed by atoms with van der Waals surface area (Å²) in [4.78, 5) is 14.7. The monoisotopic (exact) mass is 357 g/mol. The van der Waals surface area contributed by atoms with Gasteiger partial charge in [-0.2, -0.15) is 0 Å². The number of likely N-dealkylation sites (tertiary alicyclic amines) is 1. The van der Waals surface area contributed by atoms with E-state index in [0.29, 0.717) is 15.6 Å². The summed E-state index contributed by atoms with van der Waals surface area (Å²) in [5, 5.41) is 0.763. The molecule has 2 aromatic carbocycles. The van der Waals surface area contributed by atoms with Crippen molar-refractivity contribution < 1.29 is 4.79 Å². The van der Waals surface area contributed by atoms with Crippen LogP contribution in [0.5, 0.6) is 0 Å². The van der Waals surface area contributed by atoms with Gasteiger partial charge in [-0.25, -0.2) is 0 Å². The second-order valence-electron chi connectivity index (χ2n) is 6.47. The predicted molar refractivity (Wildman–Crippen MR) is 98.8 cm³/mol. The van der Waals surface area contributed by atoms with Crippen LogP contribution in [0.4, 0.5) is 0 Å². The molecular formula is C20H17Cl2NO. The van der Waals surface area contributed by atoms with E-state index in [1.165, 1.54) is 11.1 Å². The molecule has 0 aromatic heterocycles. The van der Waals surface area contributed by atoms with Gasteiger partial charge in [-0.1, -0.05) is 65.7 Å². The zero-order valence-corrected chi connectivity index (χ0v) is 14.6. The van der Waals surface area contributed by atoms with Crippen molar-refractivity contribution in [2.75, 3.05) is 13.1 Å². The molecular weight excluding hydrogens is 341 g/mol. The molecule has 0 bridgehead atoms. The van der Waals surface area contributed by atoms with Crippen LogP contribution < -0.4 is 0 Å². The highest BCUT2D eigenvalue weighted by Gasteiger charge is 2.39. The lowest BCUT2D eigenvalue weighted by Gasteiger charge is -2.39. The van der Waals surface area contributed by atoms with Gasteiger partial charge in [0.05, 0.1) is 15.6 Å². The Morgan fingerprint density at radius 1 is 1.00 bits per heavy atom. The first-order valence-electron chi connectivity index (χ1n) is 8.13. The van der Waals surface area contributed by atoms with Crippen molar-refractivity contribution in [3.63, 3.8) is 0 Å². The lowest BCUT2D eigenvalue weighted by atomic mass is 9.74. The van der Waals surface area contributed by atoms with Gasteiger partial charge in [0.1, 0.15) is 0 Å². The number of halogens is 2. The van der Waals surface area contributed by atoms with Crippen LogP contribution in [-0.4, -0.2) is 23.9 Å². The summed E-state index contributed by atoms with van der Waals surface area (Å²) in [7, 11) is 0. The SMILES string of the molecule is O=C(c1cccc(Cl)c1Cl)N1CCC2(C=Cc3ccccc32)CC1. The van der Waals surface area contributed by atoms with Crippen LogP contribution in [0.3, 0.4) is 0 Å². The summed E-state index contributed by atoms with van der Waals surface area (Å²) in [6.07, 6.45) is 6.39. The van der Waals surface area contributed by atoms with E-state index >= 15 is 0 Å². The molecule has 1 saturated heterocycles. The maximum Gasteiger partial charge on any atom is 0.255 e. The quantitative estimate of drug-likeness (QED) is 0.687. The van der Waals surface area contributed by atoms with Gasteiger partial charge in [0.2, 0.25) is 0 Å². The van der Waals surface area contributed by atoms with Crippen LogP contribution >= 0.6 is 23.2 Å². The third-order valence-electron chi connectivity index (χ3n) is 5.20. The van der Waals surface area contributed by atoms with E-state index in [1.807, 2.05) is 4.90 Å². The average Bonchev–Trinajstić information content (AvgIpc) is 2.96. The van der Waals surface area contributed by atoms with Gasteiger partial charge in [0.25, 0.3) is 5.91 Å². The fraction of sp³-hybridized carbons (Fsp3) is 0.250. The molecule has 0 N–H and O–H groups in total. The van der Waals surface area contributed by atoms with E-state index in [0.717, 1.165) is 25.9 Å². The van der Waals surface area contributed by atoms with Gasteiger partial charge in [0, 0.05) is 18.5 Å². The van der Waals surface area contributed by atoms with E-state index in [4.69, 9.17) is 23.2 Å². The van der Waals surface area contributed by atoms with Crippen molar-refractivity contribution in [1.82, 2.24) is 4.90 Å². The molecule has 2 aromatic rings. The zero-order chi connectivity index (χ0) is 16.7. The van der Waals surface area contributed by atoms with Crippen molar-refractivity contribution in [2.45, 2.75) is 18.3 Å². The lowest BCUT2D eigenvalue weighted by molar-refractivity contribution is 0.0690. The molecule has 122 valence electrons. The summed E-state index contributed by atoms with van der Waals surface area (Å²) >= 11 is 12.2. The van der Waals surface area contributed by atoms with E-state index in [-0.39, 0.29) is 11.3 Å². The molecule has 0 unspecified atom stereocenters. The summed E-state index contributed by atoms with van der Waals surface area (Å²) in [6, 6.07) is 13.7. The normalized spacial score (nSPS) is 18.0. The van der Waals surface area contributed by atoms with Gasteiger partial charge in [-0.3, -0.25) is 4.79 Å². The van der Waals surface area contributed by atoms with Gasteiger partial charge in [-0.15, -0.1) is 0 Å². The minimum absolute atomic E-state index is 0.0346. The Kier molecular flexibility index (Phi) is 3.90. The third-order valence-corrected chi connectivity index (χ3v) is 6.02. The first-order valence-corrected chi connectivity index (χ1v) is 8.88. The highest BCUT2D eigenvalue weighted by Crippen LogP contribution is 2.43. The summed E-state index contributed by atoms with van der Waals surface area (Å²) < 4.78 is 0. The smallest absolute Gasteiger partial charge is 0.255 e. The maximum atomic E-state index is 12.8. The number of amides is 1. The zero-order valence-electron chi connectivity index (χ0n) is 13.1. The van der Waals surface area contributed by atoms with Crippen molar-refractivity contribution in [3.8, 4) is 0 Å². The second kappa shape index (κ2) is 5.94. The Hall–Kier alpha value is -1.77. The average molecular weight is 358 g/mol. The lowest BCUT2D eigenvalue weighted by Crippen LogP contribution is -2.44. The molecule has 0 saturated carbocycles. The van der Waals surface area contributed by atoms with Crippen LogP contribution in [0.15, 0.2) is 48.5 Å². The van der Waals surface area contributed by atoms with Gasteiger partial charge >= 0.3 is 0 Å². The summed E-state index contributed by atoms with van der Waals surface area (Å²) in [6.45, 7) is 1.45.